The first-order valence-corrected chi connectivity index (χ1v) is 10.1. The van der Waals surface area contributed by atoms with Crippen LogP contribution in [0.4, 0.5) is 0 Å². The van der Waals surface area contributed by atoms with Crippen molar-refractivity contribution in [3.8, 4) is 0 Å². The zero-order chi connectivity index (χ0) is 18.2. The summed E-state index contributed by atoms with van der Waals surface area (Å²) < 4.78 is 0. The van der Waals surface area contributed by atoms with E-state index in [9.17, 15) is 0 Å². The minimum Gasteiger partial charge on any atom is -0.0991 e. The molecule has 1 heteroatoms. The molecule has 0 saturated carbocycles. The molecular weight excluding hydrogens is 307 g/mol. The second kappa shape index (κ2) is 14.7. The molecule has 0 N–H and O–H groups in total. The van der Waals surface area contributed by atoms with E-state index >= 15 is 0 Å². The molecule has 0 aliphatic carbocycles. The van der Waals surface area contributed by atoms with Crippen molar-refractivity contribution in [3.63, 3.8) is 0 Å². The molecule has 0 aliphatic rings. The van der Waals surface area contributed by atoms with E-state index in [-0.39, 0.29) is 0 Å². The lowest BCUT2D eigenvalue weighted by Gasteiger charge is -2.20. The van der Waals surface area contributed by atoms with Gasteiger partial charge >= 0.3 is 0 Å². The van der Waals surface area contributed by atoms with Crippen LogP contribution in [0.1, 0.15) is 34.6 Å². The Labute approximate surface area is 150 Å². The summed E-state index contributed by atoms with van der Waals surface area (Å²) in [4.78, 5) is 0. The molecule has 0 radical (unpaired) electrons. The molecule has 0 heterocycles. The fraction of sp³-hybridized carbons (Fsp3) is 0.217. The molecule has 2 aromatic carbocycles. The van der Waals surface area contributed by atoms with Crippen molar-refractivity contribution in [2.75, 3.05) is 0 Å². The Kier molecular flexibility index (Phi) is 13.5. The Morgan fingerprint density at radius 1 is 0.792 bits per heavy atom. The average molecular weight is 338 g/mol. The van der Waals surface area contributed by atoms with Gasteiger partial charge in [-0.1, -0.05) is 119 Å². The highest BCUT2D eigenvalue weighted by Crippen LogP contribution is 2.43. The van der Waals surface area contributed by atoms with Gasteiger partial charge in [-0.15, -0.1) is 0 Å². The predicted molar refractivity (Wildman–Crippen MR) is 115 cm³/mol. The summed E-state index contributed by atoms with van der Waals surface area (Å²) in [5.41, 5.74) is 0. The van der Waals surface area contributed by atoms with E-state index < -0.39 is 7.92 Å². The minimum absolute atomic E-state index is 0.499. The van der Waals surface area contributed by atoms with Crippen LogP contribution in [-0.2, 0) is 0 Å². The lowest BCUT2D eigenvalue weighted by atomic mass is 10.4. The van der Waals surface area contributed by atoms with Crippen molar-refractivity contribution in [1.29, 1.82) is 0 Å². The van der Waals surface area contributed by atoms with Gasteiger partial charge in [0.05, 0.1) is 0 Å². The van der Waals surface area contributed by atoms with Crippen LogP contribution in [0.3, 0.4) is 0 Å². The Morgan fingerprint density at radius 3 is 1.54 bits per heavy atom. The van der Waals surface area contributed by atoms with Gasteiger partial charge in [-0.25, -0.2) is 0 Å². The van der Waals surface area contributed by atoms with Crippen LogP contribution in [0.5, 0.6) is 0 Å². The molecular formula is C23H31P. The summed E-state index contributed by atoms with van der Waals surface area (Å²) in [6.45, 7) is 13.9. The first kappa shape index (κ1) is 22.1. The average Bonchev–Trinajstić information content (AvgIpc) is 2.69. The second-order valence-corrected chi connectivity index (χ2v) is 6.53. The molecule has 0 aromatic heterocycles. The zero-order valence-electron chi connectivity index (χ0n) is 15.7. The zero-order valence-corrected chi connectivity index (χ0v) is 16.6. The van der Waals surface area contributed by atoms with Crippen molar-refractivity contribution in [2.45, 2.75) is 34.6 Å². The SMILES string of the molecule is C=C/C=C\C(=C/C)P(c1ccccc1)c1ccccc1.CC.CC. The molecule has 0 nitrogen and oxygen atoms in total. The van der Waals surface area contributed by atoms with Crippen molar-refractivity contribution >= 4 is 18.5 Å². The molecule has 24 heavy (non-hydrogen) atoms. The van der Waals surface area contributed by atoms with Gasteiger partial charge in [-0.2, -0.15) is 0 Å². The molecule has 0 amide bonds. The van der Waals surface area contributed by atoms with E-state index in [1.165, 1.54) is 15.9 Å². The van der Waals surface area contributed by atoms with Gasteiger partial charge in [-0.3, -0.25) is 0 Å². The smallest absolute Gasteiger partial charge is 0.0138 e. The van der Waals surface area contributed by atoms with Crippen LogP contribution in [0, 0.1) is 0 Å². The molecule has 2 rings (SSSR count). The fourth-order valence-electron chi connectivity index (χ4n) is 2.07. The van der Waals surface area contributed by atoms with Crippen LogP contribution in [0.25, 0.3) is 0 Å². The molecule has 0 spiro atoms. The standard InChI is InChI=1S/C19H19P.2C2H6/c1-3-5-12-17(4-2)20(18-13-8-6-9-14-18)19-15-10-7-11-16-19;2*1-2/h3-16H,1H2,2H3;2*1-2H3/b12-5-,17-4+;;. The number of hydrogen-bond donors (Lipinski definition) is 0. The summed E-state index contributed by atoms with van der Waals surface area (Å²) in [6, 6.07) is 21.4. The minimum atomic E-state index is -0.499. The van der Waals surface area contributed by atoms with Crippen LogP contribution >= 0.6 is 7.92 Å². The highest BCUT2D eigenvalue weighted by Gasteiger charge is 2.15. The Morgan fingerprint density at radius 2 is 1.21 bits per heavy atom. The van der Waals surface area contributed by atoms with E-state index in [1.54, 1.807) is 0 Å². The van der Waals surface area contributed by atoms with E-state index in [0.29, 0.717) is 0 Å². The Balaban J connectivity index is 0.00000123. The summed E-state index contributed by atoms with van der Waals surface area (Å²) in [5, 5.41) is 4.09. The third-order valence-electron chi connectivity index (χ3n) is 2.99. The quantitative estimate of drug-likeness (QED) is 0.414. The van der Waals surface area contributed by atoms with E-state index in [2.05, 4.69) is 86.3 Å². The number of hydrogen-bond acceptors (Lipinski definition) is 0. The molecule has 0 fully saturated rings. The maximum atomic E-state index is 3.76. The van der Waals surface area contributed by atoms with Crippen molar-refractivity contribution in [1.82, 2.24) is 0 Å². The number of allylic oxidation sites excluding steroid dienone is 5. The molecule has 0 aliphatic heterocycles. The van der Waals surface area contributed by atoms with Crippen molar-refractivity contribution in [3.05, 3.63) is 96.9 Å². The third-order valence-corrected chi connectivity index (χ3v) is 5.54. The Hall–Kier alpha value is -1.91. The van der Waals surface area contributed by atoms with Crippen molar-refractivity contribution < 1.29 is 0 Å². The van der Waals surface area contributed by atoms with Crippen LogP contribution < -0.4 is 10.6 Å². The normalized spacial score (nSPS) is 10.5. The van der Waals surface area contributed by atoms with Gasteiger partial charge in [0.2, 0.25) is 0 Å². The first-order chi connectivity index (χ1) is 11.9. The largest absolute Gasteiger partial charge is 0.0991 e. The molecule has 128 valence electrons. The summed E-state index contributed by atoms with van der Waals surface area (Å²) in [7, 11) is -0.499. The fourth-order valence-corrected chi connectivity index (χ4v) is 4.40. The van der Waals surface area contributed by atoms with Gasteiger partial charge in [-0.05, 0) is 30.8 Å². The van der Waals surface area contributed by atoms with Crippen LogP contribution in [0.2, 0.25) is 0 Å². The first-order valence-electron chi connectivity index (χ1n) is 8.72. The molecule has 2 aromatic rings. The maximum absolute atomic E-state index is 3.76. The lowest BCUT2D eigenvalue weighted by Crippen LogP contribution is -2.12. The van der Waals surface area contributed by atoms with Crippen molar-refractivity contribution in [2.24, 2.45) is 0 Å². The highest BCUT2D eigenvalue weighted by atomic mass is 31.1. The van der Waals surface area contributed by atoms with E-state index in [1.807, 2.05) is 39.8 Å². The summed E-state index contributed by atoms with van der Waals surface area (Å²) in [6.07, 6.45) is 8.20. The van der Waals surface area contributed by atoms with Gasteiger partial charge < -0.3 is 0 Å². The summed E-state index contributed by atoms with van der Waals surface area (Å²) in [5.74, 6) is 0. The maximum Gasteiger partial charge on any atom is -0.0138 e. The Bertz CT molecular complexity index is 555. The monoisotopic (exact) mass is 338 g/mol. The molecule has 0 unspecified atom stereocenters. The number of benzene rings is 2. The lowest BCUT2D eigenvalue weighted by molar-refractivity contribution is 1.50. The van der Waals surface area contributed by atoms with Gasteiger partial charge in [0, 0.05) is 0 Å². The topological polar surface area (TPSA) is 0 Å². The highest BCUT2D eigenvalue weighted by molar-refractivity contribution is 7.77. The van der Waals surface area contributed by atoms with E-state index in [0.717, 1.165) is 0 Å². The third kappa shape index (κ3) is 7.11. The predicted octanol–water partition coefficient (Wildman–Crippen LogP) is 6.82. The molecule has 0 saturated heterocycles. The van der Waals surface area contributed by atoms with Gasteiger partial charge in [0.15, 0.2) is 0 Å². The second-order valence-electron chi connectivity index (χ2n) is 4.31. The van der Waals surface area contributed by atoms with Crippen LogP contribution in [0.15, 0.2) is 96.9 Å². The number of rotatable bonds is 5. The summed E-state index contributed by atoms with van der Waals surface area (Å²) >= 11 is 0. The van der Waals surface area contributed by atoms with Gasteiger partial charge in [0.25, 0.3) is 0 Å². The van der Waals surface area contributed by atoms with E-state index in [4.69, 9.17) is 0 Å². The molecule has 0 bridgehead atoms. The molecule has 0 atom stereocenters. The van der Waals surface area contributed by atoms with Gasteiger partial charge in [0.1, 0.15) is 0 Å². The van der Waals surface area contributed by atoms with Crippen LogP contribution in [-0.4, -0.2) is 0 Å².